The quantitative estimate of drug-likeness (QED) is 0.298. The van der Waals surface area contributed by atoms with Crippen LogP contribution in [0.4, 0.5) is 0 Å². The number of hydrogen-bond donors (Lipinski definition) is 2. The first-order valence-corrected chi connectivity index (χ1v) is 2.35. The molecule has 0 aromatic rings. The van der Waals surface area contributed by atoms with Crippen LogP contribution in [0.2, 0.25) is 0 Å². The van der Waals surface area contributed by atoms with Gasteiger partial charge in [-0.15, -0.1) is 12.6 Å². The van der Waals surface area contributed by atoms with E-state index in [0.717, 1.165) is 0 Å². The number of thiol groups is 1. The second-order valence-electron chi connectivity index (χ2n) is 1.02. The van der Waals surface area contributed by atoms with Gasteiger partial charge >= 0.3 is 18.9 Å². The molecule has 4 heteroatoms. The fourth-order valence-electron chi connectivity index (χ4n) is 0.155. The Kier molecular flexibility index (Phi) is 9.86. The van der Waals surface area contributed by atoms with Gasteiger partial charge in [0, 0.05) is 13.1 Å². The van der Waals surface area contributed by atoms with Crippen molar-refractivity contribution in [1.29, 1.82) is 0 Å². The van der Waals surface area contributed by atoms with Crippen LogP contribution >= 0.6 is 12.6 Å². The van der Waals surface area contributed by atoms with Crippen LogP contribution in [-0.2, 0) is 4.79 Å². The zero-order valence-electron chi connectivity index (χ0n) is 6.01. The van der Waals surface area contributed by atoms with E-state index in [1.54, 1.807) is 0 Å². The molecular formula is C4H8LiNOS. The molecule has 0 aliphatic rings. The van der Waals surface area contributed by atoms with Crippen molar-refractivity contribution >= 4 is 18.5 Å². The van der Waals surface area contributed by atoms with Crippen molar-refractivity contribution < 1.29 is 25.1 Å². The van der Waals surface area contributed by atoms with Crippen molar-refractivity contribution in [2.45, 2.75) is 6.92 Å². The number of carbonyl (C=O) groups excluding carboxylic acids is 1. The van der Waals surface area contributed by atoms with Crippen LogP contribution < -0.4 is 24.2 Å². The van der Waals surface area contributed by atoms with Crippen LogP contribution in [0.15, 0.2) is 11.6 Å². The third kappa shape index (κ3) is 9.48. The van der Waals surface area contributed by atoms with Crippen LogP contribution in [0.1, 0.15) is 8.35 Å². The predicted octanol–water partition coefficient (Wildman–Crippen LogP) is -2.36. The molecule has 0 radical (unpaired) electrons. The largest absolute Gasteiger partial charge is 1.00 e. The minimum Gasteiger partial charge on any atom is -1.00 e. The van der Waals surface area contributed by atoms with Crippen LogP contribution in [-0.4, -0.2) is 5.91 Å². The zero-order chi connectivity index (χ0) is 5.70. The SMILES string of the molecule is CC(=O)N/C=C\S.[H-].[Li+]. The van der Waals surface area contributed by atoms with E-state index in [-0.39, 0.29) is 26.2 Å². The summed E-state index contributed by atoms with van der Waals surface area (Å²) < 4.78 is 0. The summed E-state index contributed by atoms with van der Waals surface area (Å²) in [6, 6.07) is 0. The molecular weight excluding hydrogens is 117 g/mol. The summed E-state index contributed by atoms with van der Waals surface area (Å²) in [6.07, 6.45) is 1.46. The summed E-state index contributed by atoms with van der Waals surface area (Å²) in [5.74, 6) is -0.0784. The van der Waals surface area contributed by atoms with Gasteiger partial charge in [0.1, 0.15) is 0 Å². The van der Waals surface area contributed by atoms with Gasteiger partial charge in [0.05, 0.1) is 0 Å². The van der Waals surface area contributed by atoms with Gasteiger partial charge in [-0.25, -0.2) is 0 Å². The number of carbonyl (C=O) groups is 1. The van der Waals surface area contributed by atoms with Crippen LogP contribution in [0.3, 0.4) is 0 Å². The molecule has 0 saturated heterocycles. The molecule has 0 aromatic heterocycles. The topological polar surface area (TPSA) is 29.1 Å². The smallest absolute Gasteiger partial charge is 1.00 e. The molecule has 0 unspecified atom stereocenters. The van der Waals surface area contributed by atoms with Gasteiger partial charge in [-0.1, -0.05) is 0 Å². The molecule has 1 amide bonds. The Morgan fingerprint density at radius 1 is 1.88 bits per heavy atom. The molecule has 0 rings (SSSR count). The summed E-state index contributed by atoms with van der Waals surface area (Å²) in [5.41, 5.74) is 0. The summed E-state index contributed by atoms with van der Waals surface area (Å²) >= 11 is 3.70. The van der Waals surface area contributed by atoms with Gasteiger partial charge in [-0.05, 0) is 5.41 Å². The Hall–Kier alpha value is 0.157. The van der Waals surface area contributed by atoms with Crippen molar-refractivity contribution in [2.75, 3.05) is 0 Å². The summed E-state index contributed by atoms with van der Waals surface area (Å²) in [4.78, 5) is 10.0. The molecule has 0 spiro atoms. The molecule has 0 aliphatic carbocycles. The molecule has 8 heavy (non-hydrogen) atoms. The molecule has 0 aliphatic heterocycles. The third-order valence-electron chi connectivity index (χ3n) is 0.361. The second-order valence-corrected chi connectivity index (χ2v) is 1.31. The maximum atomic E-state index is 10.0. The molecule has 2 nitrogen and oxygen atoms in total. The number of hydrogen-bond acceptors (Lipinski definition) is 2. The van der Waals surface area contributed by atoms with Crippen molar-refractivity contribution in [2.24, 2.45) is 0 Å². The number of nitrogens with one attached hydrogen (secondary N) is 1. The van der Waals surface area contributed by atoms with Gasteiger partial charge < -0.3 is 6.74 Å². The minimum absolute atomic E-state index is 0. The van der Waals surface area contributed by atoms with Crippen LogP contribution in [0.5, 0.6) is 0 Å². The van der Waals surface area contributed by atoms with E-state index in [2.05, 4.69) is 17.9 Å². The van der Waals surface area contributed by atoms with E-state index < -0.39 is 0 Å². The monoisotopic (exact) mass is 125 g/mol. The first-order valence-electron chi connectivity index (χ1n) is 1.83. The number of amides is 1. The molecule has 1 N–H and O–H groups in total. The van der Waals surface area contributed by atoms with Gasteiger partial charge in [-0.2, -0.15) is 0 Å². The Balaban J connectivity index is -0.000000180. The van der Waals surface area contributed by atoms with Crippen molar-refractivity contribution in [1.82, 2.24) is 5.32 Å². The molecule has 0 fully saturated rings. The summed E-state index contributed by atoms with van der Waals surface area (Å²) in [5, 5.41) is 3.86. The first kappa shape index (κ1) is 11.0. The van der Waals surface area contributed by atoms with Gasteiger partial charge in [0.25, 0.3) is 0 Å². The van der Waals surface area contributed by atoms with E-state index in [4.69, 9.17) is 0 Å². The fourth-order valence-corrected chi connectivity index (χ4v) is 0.229. The summed E-state index contributed by atoms with van der Waals surface area (Å²) in [6.45, 7) is 1.44. The maximum Gasteiger partial charge on any atom is 1.00 e. The molecule has 0 aromatic carbocycles. The van der Waals surface area contributed by atoms with Gasteiger partial charge in [-0.3, -0.25) is 4.79 Å². The standard InChI is InChI=1S/C4H7NOS.Li.H/c1-4(6)5-2-3-7;;/h2-3,7H,1H3,(H,5,6);;/q;+1;-1/b3-2-;;. The molecule has 42 valence electrons. The van der Waals surface area contributed by atoms with Crippen LogP contribution in [0.25, 0.3) is 0 Å². The van der Waals surface area contributed by atoms with Gasteiger partial charge in [0.15, 0.2) is 0 Å². The normalized spacial score (nSPS) is 8.25. The Morgan fingerprint density at radius 3 is 2.50 bits per heavy atom. The Bertz CT molecular complexity index is 98.6. The Labute approximate surface area is 67.8 Å². The molecule has 0 bridgehead atoms. The Morgan fingerprint density at radius 2 is 2.38 bits per heavy atom. The molecule has 0 saturated carbocycles. The van der Waals surface area contributed by atoms with Crippen molar-refractivity contribution in [3.8, 4) is 0 Å². The third-order valence-corrected chi connectivity index (χ3v) is 0.510. The van der Waals surface area contributed by atoms with E-state index in [1.165, 1.54) is 18.5 Å². The first-order chi connectivity index (χ1) is 3.27. The van der Waals surface area contributed by atoms with Crippen LogP contribution in [0, 0.1) is 0 Å². The molecule has 0 atom stereocenters. The molecule has 0 heterocycles. The number of rotatable bonds is 1. The average molecular weight is 125 g/mol. The van der Waals surface area contributed by atoms with E-state index in [1.807, 2.05) is 0 Å². The predicted molar refractivity (Wildman–Crippen MR) is 33.1 cm³/mol. The van der Waals surface area contributed by atoms with Crippen molar-refractivity contribution in [3.05, 3.63) is 11.6 Å². The minimum atomic E-state index is -0.0784. The second kappa shape index (κ2) is 7.16. The average Bonchev–Trinajstić information content (AvgIpc) is 1.61. The fraction of sp³-hybridized carbons (Fsp3) is 0.250. The summed E-state index contributed by atoms with van der Waals surface area (Å²) in [7, 11) is 0. The zero-order valence-corrected chi connectivity index (χ0v) is 5.90. The van der Waals surface area contributed by atoms with E-state index in [0.29, 0.717) is 0 Å². The van der Waals surface area contributed by atoms with E-state index in [9.17, 15) is 4.79 Å². The van der Waals surface area contributed by atoms with Crippen molar-refractivity contribution in [3.63, 3.8) is 0 Å². The maximum absolute atomic E-state index is 10.0. The van der Waals surface area contributed by atoms with E-state index >= 15 is 0 Å². The van der Waals surface area contributed by atoms with Gasteiger partial charge in [0.2, 0.25) is 5.91 Å².